The van der Waals surface area contributed by atoms with Crippen molar-refractivity contribution in [2.75, 3.05) is 23.4 Å². The molecule has 6 heteroatoms. The molecule has 0 aromatic carbocycles. The average Bonchev–Trinajstić information content (AvgIpc) is 3.21. The molecule has 1 aromatic rings. The van der Waals surface area contributed by atoms with Gasteiger partial charge in [0.25, 0.3) is 0 Å². The van der Waals surface area contributed by atoms with Gasteiger partial charge in [-0.05, 0) is 26.7 Å². The van der Waals surface area contributed by atoms with Gasteiger partial charge in [-0.15, -0.1) is 0 Å². The summed E-state index contributed by atoms with van der Waals surface area (Å²) in [5, 5.41) is 0. The Balaban J connectivity index is 1.87. The lowest BCUT2D eigenvalue weighted by atomic mass is 10.2. The van der Waals surface area contributed by atoms with E-state index >= 15 is 0 Å². The van der Waals surface area contributed by atoms with Crippen LogP contribution >= 0.6 is 0 Å². The Morgan fingerprint density at radius 2 is 1.95 bits per heavy atom. The van der Waals surface area contributed by atoms with E-state index in [1.54, 1.807) is 0 Å². The molecule has 1 saturated heterocycles. The minimum atomic E-state index is 0.220. The summed E-state index contributed by atoms with van der Waals surface area (Å²) in [5.74, 6) is 8.58. The summed E-state index contributed by atoms with van der Waals surface area (Å²) in [7, 11) is 0. The minimum absolute atomic E-state index is 0.220. The number of anilines is 2. The summed E-state index contributed by atoms with van der Waals surface area (Å²) >= 11 is 0. The van der Waals surface area contributed by atoms with Gasteiger partial charge in [-0.2, -0.15) is 0 Å². The molecular formula is C13H21N5O. The molecule has 0 bridgehead atoms. The molecule has 6 nitrogen and oxygen atoms in total. The highest BCUT2D eigenvalue weighted by atomic mass is 16.5. The summed E-state index contributed by atoms with van der Waals surface area (Å²) in [6.07, 6.45) is 2.81. The number of hydrogen-bond donors (Lipinski definition) is 2. The van der Waals surface area contributed by atoms with Crippen molar-refractivity contribution in [2.24, 2.45) is 5.84 Å². The largest absolute Gasteiger partial charge is 0.372 e. The summed E-state index contributed by atoms with van der Waals surface area (Å²) < 4.78 is 5.76. The number of ether oxygens (including phenoxy) is 1. The number of morpholine rings is 1. The van der Waals surface area contributed by atoms with Gasteiger partial charge in [0, 0.05) is 25.1 Å². The van der Waals surface area contributed by atoms with Gasteiger partial charge in [0.1, 0.15) is 17.5 Å². The molecule has 1 aromatic heterocycles. The normalized spacial score (nSPS) is 27.4. The van der Waals surface area contributed by atoms with Gasteiger partial charge in [0.2, 0.25) is 0 Å². The van der Waals surface area contributed by atoms with E-state index in [0.717, 1.165) is 24.7 Å². The van der Waals surface area contributed by atoms with Crippen LogP contribution in [0.4, 0.5) is 11.6 Å². The maximum absolute atomic E-state index is 5.76. The molecule has 2 atom stereocenters. The van der Waals surface area contributed by atoms with Gasteiger partial charge in [0.05, 0.1) is 12.2 Å². The van der Waals surface area contributed by atoms with E-state index in [9.17, 15) is 0 Å². The van der Waals surface area contributed by atoms with E-state index in [-0.39, 0.29) is 12.2 Å². The van der Waals surface area contributed by atoms with E-state index in [0.29, 0.717) is 11.7 Å². The molecule has 19 heavy (non-hydrogen) atoms. The molecule has 3 rings (SSSR count). The molecule has 1 saturated carbocycles. The van der Waals surface area contributed by atoms with Crippen molar-refractivity contribution < 1.29 is 4.74 Å². The number of rotatable bonds is 3. The Hall–Kier alpha value is -1.40. The average molecular weight is 263 g/mol. The van der Waals surface area contributed by atoms with E-state index in [4.69, 9.17) is 15.6 Å². The molecule has 1 aliphatic heterocycles. The second-order valence-electron chi connectivity index (χ2n) is 5.55. The molecule has 1 aliphatic carbocycles. The Kier molecular flexibility index (Phi) is 3.28. The predicted octanol–water partition coefficient (Wildman–Crippen LogP) is 1.25. The molecule has 2 unspecified atom stereocenters. The van der Waals surface area contributed by atoms with Crippen molar-refractivity contribution in [1.29, 1.82) is 0 Å². The number of hydrazine groups is 1. The molecule has 3 N–H and O–H groups in total. The van der Waals surface area contributed by atoms with Gasteiger partial charge < -0.3 is 15.1 Å². The standard InChI is InChI=1S/C13H21N5O/c1-8-6-18(7-9(2)19-8)12-5-11(17-14)15-13(16-12)10-3-4-10/h5,8-10H,3-4,6-7,14H2,1-2H3,(H,15,16,17). The first-order chi connectivity index (χ1) is 9.15. The Morgan fingerprint density at radius 3 is 2.53 bits per heavy atom. The first-order valence-corrected chi connectivity index (χ1v) is 6.91. The van der Waals surface area contributed by atoms with Crippen LogP contribution in [0.2, 0.25) is 0 Å². The second kappa shape index (κ2) is 4.94. The maximum Gasteiger partial charge on any atom is 0.145 e. The number of nitrogens with zero attached hydrogens (tertiary/aromatic N) is 3. The number of nitrogens with two attached hydrogens (primary N) is 1. The molecule has 0 spiro atoms. The number of nitrogen functional groups attached to an aromatic ring is 1. The highest BCUT2D eigenvalue weighted by Crippen LogP contribution is 2.39. The van der Waals surface area contributed by atoms with E-state index in [1.165, 1.54) is 12.8 Å². The summed E-state index contributed by atoms with van der Waals surface area (Å²) in [5.41, 5.74) is 2.64. The van der Waals surface area contributed by atoms with Gasteiger partial charge in [0.15, 0.2) is 0 Å². The van der Waals surface area contributed by atoms with Crippen LogP contribution in [0.5, 0.6) is 0 Å². The Labute approximate surface area is 113 Å². The van der Waals surface area contributed by atoms with Crippen LogP contribution in [0.25, 0.3) is 0 Å². The lowest BCUT2D eigenvalue weighted by Crippen LogP contribution is -2.46. The van der Waals surface area contributed by atoms with Gasteiger partial charge in [-0.3, -0.25) is 0 Å². The van der Waals surface area contributed by atoms with Crippen LogP contribution in [-0.2, 0) is 4.74 Å². The van der Waals surface area contributed by atoms with Crippen molar-refractivity contribution in [1.82, 2.24) is 9.97 Å². The van der Waals surface area contributed by atoms with Crippen LogP contribution in [-0.4, -0.2) is 35.3 Å². The fourth-order valence-corrected chi connectivity index (χ4v) is 2.58. The fourth-order valence-electron chi connectivity index (χ4n) is 2.58. The maximum atomic E-state index is 5.76. The SMILES string of the molecule is CC1CN(c2cc(NN)nc(C3CC3)n2)CC(C)O1. The minimum Gasteiger partial charge on any atom is -0.372 e. The van der Waals surface area contributed by atoms with Gasteiger partial charge in [-0.1, -0.05) is 0 Å². The van der Waals surface area contributed by atoms with Crippen molar-refractivity contribution in [2.45, 2.75) is 44.8 Å². The monoisotopic (exact) mass is 263 g/mol. The zero-order valence-electron chi connectivity index (χ0n) is 11.5. The molecule has 2 aliphatic rings. The van der Waals surface area contributed by atoms with Crippen LogP contribution in [0, 0.1) is 0 Å². The Morgan fingerprint density at radius 1 is 1.26 bits per heavy atom. The highest BCUT2D eigenvalue weighted by molar-refractivity contribution is 5.50. The summed E-state index contributed by atoms with van der Waals surface area (Å²) in [6, 6.07) is 1.91. The smallest absolute Gasteiger partial charge is 0.145 e. The number of aromatic nitrogens is 2. The second-order valence-corrected chi connectivity index (χ2v) is 5.55. The van der Waals surface area contributed by atoms with Crippen molar-refractivity contribution >= 4 is 11.6 Å². The Bertz CT molecular complexity index is 452. The van der Waals surface area contributed by atoms with Crippen LogP contribution in [0.15, 0.2) is 6.07 Å². The molecule has 0 amide bonds. The molecule has 0 radical (unpaired) electrons. The van der Waals surface area contributed by atoms with Crippen molar-refractivity contribution in [3.63, 3.8) is 0 Å². The lowest BCUT2D eigenvalue weighted by Gasteiger charge is -2.36. The van der Waals surface area contributed by atoms with E-state index in [1.807, 2.05) is 6.07 Å². The van der Waals surface area contributed by atoms with Gasteiger partial charge in [-0.25, -0.2) is 15.8 Å². The van der Waals surface area contributed by atoms with Crippen molar-refractivity contribution in [3.8, 4) is 0 Å². The summed E-state index contributed by atoms with van der Waals surface area (Å²) in [6.45, 7) is 5.90. The molecule has 2 fully saturated rings. The van der Waals surface area contributed by atoms with Crippen LogP contribution < -0.4 is 16.2 Å². The third-order valence-corrected chi connectivity index (χ3v) is 3.56. The molecular weight excluding hydrogens is 242 g/mol. The van der Waals surface area contributed by atoms with Gasteiger partial charge >= 0.3 is 0 Å². The third-order valence-electron chi connectivity index (χ3n) is 3.56. The molecule has 2 heterocycles. The van der Waals surface area contributed by atoms with E-state index < -0.39 is 0 Å². The van der Waals surface area contributed by atoms with Crippen LogP contribution in [0.3, 0.4) is 0 Å². The van der Waals surface area contributed by atoms with E-state index in [2.05, 4.69) is 29.2 Å². The number of hydrogen-bond acceptors (Lipinski definition) is 6. The summed E-state index contributed by atoms with van der Waals surface area (Å²) in [4.78, 5) is 11.4. The third kappa shape index (κ3) is 2.79. The topological polar surface area (TPSA) is 76.3 Å². The van der Waals surface area contributed by atoms with Crippen molar-refractivity contribution in [3.05, 3.63) is 11.9 Å². The zero-order chi connectivity index (χ0) is 13.4. The number of nitrogens with one attached hydrogen (secondary N) is 1. The lowest BCUT2D eigenvalue weighted by molar-refractivity contribution is -0.00547. The fraction of sp³-hybridized carbons (Fsp3) is 0.692. The first-order valence-electron chi connectivity index (χ1n) is 6.91. The quantitative estimate of drug-likeness (QED) is 0.631. The first kappa shape index (κ1) is 12.6. The molecule has 104 valence electrons. The zero-order valence-corrected chi connectivity index (χ0v) is 11.5. The predicted molar refractivity (Wildman–Crippen MR) is 74.0 cm³/mol. The highest BCUT2D eigenvalue weighted by Gasteiger charge is 2.29. The van der Waals surface area contributed by atoms with Crippen LogP contribution in [0.1, 0.15) is 38.4 Å².